The second-order valence-electron chi connectivity index (χ2n) is 7.71. The maximum absolute atomic E-state index is 11.8. The van der Waals surface area contributed by atoms with E-state index in [9.17, 15) is 19.5 Å². The first-order valence-electron chi connectivity index (χ1n) is 11.3. The molecule has 0 aromatic rings. The summed E-state index contributed by atoms with van der Waals surface area (Å²) in [5.74, 6) is -2.89. The van der Waals surface area contributed by atoms with Gasteiger partial charge >= 0.3 is 5.97 Å². The number of amides is 1. The summed E-state index contributed by atoms with van der Waals surface area (Å²) in [4.78, 5) is 33.2. The van der Waals surface area contributed by atoms with Gasteiger partial charge in [0.25, 0.3) is 0 Å². The fraction of sp³-hybridized carbons (Fsp3) is 0.783. The van der Waals surface area contributed by atoms with Gasteiger partial charge in [-0.2, -0.15) is 0 Å². The summed E-state index contributed by atoms with van der Waals surface area (Å²) < 4.78 is 0. The molecule has 0 radical (unpaired) electrons. The third-order valence-corrected chi connectivity index (χ3v) is 4.93. The van der Waals surface area contributed by atoms with Crippen molar-refractivity contribution in [2.24, 2.45) is 0 Å². The topological polar surface area (TPSA) is 143 Å². The number of unbranched alkanes of at least 4 members (excludes halogenated alkanes) is 11. The smallest absolute Gasteiger partial charge is 0.303 e. The van der Waals surface area contributed by atoms with Crippen molar-refractivity contribution in [3.8, 4) is 0 Å². The van der Waals surface area contributed by atoms with Crippen LogP contribution in [0.2, 0.25) is 0 Å². The van der Waals surface area contributed by atoms with Gasteiger partial charge in [0.15, 0.2) is 0 Å². The van der Waals surface area contributed by atoms with Crippen LogP contribution in [0.4, 0.5) is 0 Å². The molecule has 30 heavy (non-hydrogen) atoms. The van der Waals surface area contributed by atoms with E-state index in [1.165, 1.54) is 44.9 Å². The third-order valence-electron chi connectivity index (χ3n) is 4.93. The van der Waals surface area contributed by atoms with E-state index in [0.717, 1.165) is 32.1 Å². The second kappa shape index (κ2) is 21.8. The van der Waals surface area contributed by atoms with Crippen LogP contribution >= 0.6 is 0 Å². The lowest BCUT2D eigenvalue weighted by Crippen LogP contribution is -2.48. The van der Waals surface area contributed by atoms with Gasteiger partial charge in [-0.3, -0.25) is 9.59 Å². The fourth-order valence-electron chi connectivity index (χ4n) is 3.14. The van der Waals surface area contributed by atoms with E-state index in [0.29, 0.717) is 6.42 Å². The molecule has 0 aromatic carbocycles. The molecule has 7 heteroatoms. The Morgan fingerprint density at radius 1 is 0.833 bits per heavy atom. The Balaban J connectivity index is 0. The molecule has 0 aliphatic carbocycles. The first-order valence-corrected chi connectivity index (χ1v) is 11.3. The van der Waals surface area contributed by atoms with E-state index in [4.69, 9.17) is 5.11 Å². The normalized spacial score (nSPS) is 11.8. The lowest BCUT2D eigenvalue weighted by atomic mass is 10.1. The minimum absolute atomic E-state index is 0. The van der Waals surface area contributed by atoms with Crippen molar-refractivity contribution < 1.29 is 24.6 Å². The van der Waals surface area contributed by atoms with Gasteiger partial charge in [-0.15, -0.1) is 0 Å². The lowest BCUT2D eigenvalue weighted by molar-refractivity contribution is -0.308. The quantitative estimate of drug-likeness (QED) is 0.193. The summed E-state index contributed by atoms with van der Waals surface area (Å²) in [6.45, 7) is 2.24. The number of carboxylic acid groups (broad SMARTS) is 2. The van der Waals surface area contributed by atoms with Gasteiger partial charge in [0.1, 0.15) is 0 Å². The van der Waals surface area contributed by atoms with Gasteiger partial charge in [-0.25, -0.2) is 0 Å². The van der Waals surface area contributed by atoms with Crippen LogP contribution in [0.25, 0.3) is 0 Å². The largest absolute Gasteiger partial charge is 0.548 e. The van der Waals surface area contributed by atoms with Crippen LogP contribution in [0.3, 0.4) is 0 Å². The lowest BCUT2D eigenvalue weighted by Gasteiger charge is -2.18. The van der Waals surface area contributed by atoms with E-state index in [2.05, 4.69) is 24.4 Å². The van der Waals surface area contributed by atoms with Crippen LogP contribution in [-0.4, -0.2) is 29.0 Å². The maximum Gasteiger partial charge on any atom is 0.303 e. The molecule has 7 nitrogen and oxygen atoms in total. The average Bonchev–Trinajstić information content (AvgIpc) is 2.67. The Bertz CT molecular complexity index is 480. The van der Waals surface area contributed by atoms with E-state index >= 15 is 0 Å². The standard InChI is InChI=1S/C23H41NO5.H3N/c1-2-3-4-5-6-7-8-9-10-11-12-13-14-15-16-17-21(25)24-20(23(28)29)18-19-22(26)27;/h9-10,20H,2-8,11-19H2,1H3,(H,24,25)(H,26,27)(H,28,29);1H3/b10-9-;/t20-;/m0./s1. The maximum atomic E-state index is 11.8. The molecular formula is C23H44N2O5. The average molecular weight is 429 g/mol. The Hall–Kier alpha value is -1.89. The molecule has 0 heterocycles. The van der Waals surface area contributed by atoms with Crippen LogP contribution in [0.5, 0.6) is 0 Å². The molecule has 0 fully saturated rings. The first kappa shape index (κ1) is 30.3. The summed E-state index contributed by atoms with van der Waals surface area (Å²) in [6, 6.07) is -1.23. The molecule has 0 saturated carbocycles. The monoisotopic (exact) mass is 428 g/mol. The van der Waals surface area contributed by atoms with Crippen LogP contribution < -0.4 is 16.6 Å². The molecule has 6 N–H and O–H groups in total. The Morgan fingerprint density at radius 3 is 1.83 bits per heavy atom. The van der Waals surface area contributed by atoms with Gasteiger partial charge in [0.2, 0.25) is 5.91 Å². The second-order valence-corrected chi connectivity index (χ2v) is 7.71. The molecule has 0 aromatic heterocycles. The number of aliphatic carboxylic acids is 2. The van der Waals surface area contributed by atoms with Crippen LogP contribution in [0.1, 0.15) is 110 Å². The Morgan fingerprint density at radius 2 is 1.33 bits per heavy atom. The molecule has 1 amide bonds. The van der Waals surface area contributed by atoms with Gasteiger partial charge < -0.3 is 26.5 Å². The highest BCUT2D eigenvalue weighted by Gasteiger charge is 2.14. The van der Waals surface area contributed by atoms with Gasteiger partial charge in [0, 0.05) is 12.8 Å². The van der Waals surface area contributed by atoms with E-state index in [-0.39, 0.29) is 31.3 Å². The van der Waals surface area contributed by atoms with E-state index in [1.54, 1.807) is 0 Å². The third kappa shape index (κ3) is 20.8. The van der Waals surface area contributed by atoms with Gasteiger partial charge in [-0.1, -0.05) is 70.4 Å². The molecule has 0 unspecified atom stereocenters. The minimum Gasteiger partial charge on any atom is -0.548 e. The molecular weight excluding hydrogens is 384 g/mol. The number of allylic oxidation sites excluding steroid dienone is 2. The number of quaternary nitrogens is 1. The fourth-order valence-corrected chi connectivity index (χ4v) is 3.14. The zero-order chi connectivity index (χ0) is 21.7. The zero-order valence-electron chi connectivity index (χ0n) is 19.1. The molecule has 0 aliphatic rings. The van der Waals surface area contributed by atoms with Gasteiger partial charge in [0.05, 0.1) is 12.0 Å². The predicted molar refractivity (Wildman–Crippen MR) is 119 cm³/mol. The minimum atomic E-state index is -1.44. The zero-order valence-corrected chi connectivity index (χ0v) is 19.1. The molecule has 0 bridgehead atoms. The van der Waals surface area contributed by atoms with Crippen molar-refractivity contribution >= 4 is 17.8 Å². The number of hydrogen-bond donors (Lipinski definition) is 3. The van der Waals surface area contributed by atoms with E-state index in [1.807, 2.05) is 0 Å². The molecule has 0 rings (SSSR count). The van der Waals surface area contributed by atoms with Crippen molar-refractivity contribution in [3.05, 3.63) is 12.2 Å². The highest BCUT2D eigenvalue weighted by Crippen LogP contribution is 2.10. The summed E-state index contributed by atoms with van der Waals surface area (Å²) in [5, 5.41) is 21.9. The van der Waals surface area contributed by atoms with Crippen LogP contribution in [0.15, 0.2) is 12.2 Å². The number of hydrogen-bond acceptors (Lipinski definition) is 4. The first-order chi connectivity index (χ1) is 14.0. The number of nitrogens with one attached hydrogen (secondary N) is 1. The highest BCUT2D eigenvalue weighted by atomic mass is 16.4. The Labute approximate surface area is 182 Å². The van der Waals surface area contributed by atoms with Crippen LogP contribution in [0, 0.1) is 0 Å². The number of carboxylic acids is 2. The van der Waals surface area contributed by atoms with Crippen molar-refractivity contribution in [1.29, 1.82) is 0 Å². The summed E-state index contributed by atoms with van der Waals surface area (Å²) in [5.41, 5.74) is 0. The summed E-state index contributed by atoms with van der Waals surface area (Å²) >= 11 is 0. The summed E-state index contributed by atoms with van der Waals surface area (Å²) in [6.07, 6.45) is 19.6. The SMILES string of the molecule is CCCCCCCC/C=C\CCCCCCCC(=O)N[C@@H](CCC(=O)O)C(=O)[O-].[NH4+]. The van der Waals surface area contributed by atoms with Crippen molar-refractivity contribution in [1.82, 2.24) is 11.5 Å². The predicted octanol–water partition coefficient (Wildman–Crippen LogP) is 4.50. The number of carbonyl (C=O) groups is 3. The molecule has 0 saturated heterocycles. The number of rotatable bonds is 20. The molecule has 0 aliphatic heterocycles. The number of carbonyl (C=O) groups excluding carboxylic acids is 2. The van der Waals surface area contributed by atoms with Crippen LogP contribution in [-0.2, 0) is 14.4 Å². The molecule has 0 spiro atoms. The van der Waals surface area contributed by atoms with E-state index < -0.39 is 18.0 Å². The van der Waals surface area contributed by atoms with Crippen molar-refractivity contribution in [2.75, 3.05) is 0 Å². The van der Waals surface area contributed by atoms with Gasteiger partial charge in [-0.05, 0) is 38.5 Å². The summed E-state index contributed by atoms with van der Waals surface area (Å²) in [7, 11) is 0. The van der Waals surface area contributed by atoms with Crippen molar-refractivity contribution in [2.45, 2.75) is 116 Å². The Kier molecular flexibility index (Phi) is 22.0. The molecule has 1 atom stereocenters. The van der Waals surface area contributed by atoms with Crippen molar-refractivity contribution in [3.63, 3.8) is 0 Å². The molecule has 176 valence electrons. The highest BCUT2D eigenvalue weighted by molar-refractivity contribution is 5.83.